The van der Waals surface area contributed by atoms with E-state index in [4.69, 9.17) is 10.2 Å². The molecule has 1 aliphatic rings. The third-order valence-corrected chi connectivity index (χ3v) is 8.23. The van der Waals surface area contributed by atoms with E-state index in [1.165, 1.54) is 16.7 Å². The third-order valence-electron chi connectivity index (χ3n) is 8.23. The lowest BCUT2D eigenvalue weighted by molar-refractivity contribution is -0.124. The lowest BCUT2D eigenvalue weighted by Gasteiger charge is -2.26. The molecule has 8 nitrogen and oxygen atoms in total. The number of hydrogen-bond acceptors (Lipinski definition) is 5. The van der Waals surface area contributed by atoms with Crippen molar-refractivity contribution in [1.29, 1.82) is 0 Å². The van der Waals surface area contributed by atoms with Crippen LogP contribution in [0, 0.1) is 0 Å². The number of H-pyrrole nitrogens is 1. The standard InChI is InChI=1S/C34H39N7O/c1-2-24-12-14-26(15-13-24)22-41-32(17-16-25-8-4-3-5-9-25)39-40-33(41)31(38-34(42)30-18-19-35-23-37-30)20-27-21-36-29-11-7-6-10-28(27)29/h3-15,21,30-31,35-37H,2,16-20,22-23H2,1H3,(H,38,42)/t30?,31-/m1/s1. The summed E-state index contributed by atoms with van der Waals surface area (Å²) in [6.45, 7) is 4.25. The normalized spacial score (nSPS) is 16.0. The van der Waals surface area contributed by atoms with E-state index in [0.29, 0.717) is 19.6 Å². The molecule has 2 aromatic heterocycles. The number of fused-ring (bicyclic) bond motifs is 1. The number of aryl methyl sites for hydroxylation is 3. The molecule has 0 bridgehead atoms. The summed E-state index contributed by atoms with van der Waals surface area (Å²) in [5.41, 5.74) is 5.99. The highest BCUT2D eigenvalue weighted by atomic mass is 16.2. The Kier molecular flexibility index (Phi) is 8.72. The maximum atomic E-state index is 13.6. The Hall–Kier alpha value is -4.27. The first-order valence-corrected chi connectivity index (χ1v) is 15.0. The smallest absolute Gasteiger partial charge is 0.237 e. The molecular formula is C34H39N7O. The van der Waals surface area contributed by atoms with Crippen molar-refractivity contribution in [3.05, 3.63) is 119 Å². The average molecular weight is 562 g/mol. The minimum atomic E-state index is -0.346. The van der Waals surface area contributed by atoms with Crippen LogP contribution in [0.2, 0.25) is 0 Å². The molecule has 0 radical (unpaired) electrons. The van der Waals surface area contributed by atoms with E-state index in [2.05, 4.69) is 99.2 Å². The van der Waals surface area contributed by atoms with Crippen LogP contribution in [0.4, 0.5) is 0 Å². The van der Waals surface area contributed by atoms with Crippen molar-refractivity contribution < 1.29 is 4.79 Å². The first kappa shape index (κ1) is 27.9. The van der Waals surface area contributed by atoms with Gasteiger partial charge in [0, 0.05) is 36.6 Å². The fourth-order valence-corrected chi connectivity index (χ4v) is 5.78. The Bertz CT molecular complexity index is 1600. The summed E-state index contributed by atoms with van der Waals surface area (Å²) in [7, 11) is 0. The van der Waals surface area contributed by atoms with Crippen molar-refractivity contribution in [2.45, 2.75) is 57.7 Å². The number of aromatic amines is 1. The van der Waals surface area contributed by atoms with E-state index in [1.807, 2.05) is 18.3 Å². The molecule has 5 aromatic rings. The van der Waals surface area contributed by atoms with Crippen LogP contribution in [-0.2, 0) is 37.0 Å². The van der Waals surface area contributed by atoms with Gasteiger partial charge in [0.2, 0.25) is 5.91 Å². The fourth-order valence-electron chi connectivity index (χ4n) is 5.78. The molecule has 6 rings (SSSR count). The molecule has 216 valence electrons. The van der Waals surface area contributed by atoms with Crippen molar-refractivity contribution in [2.75, 3.05) is 13.2 Å². The highest BCUT2D eigenvalue weighted by molar-refractivity contribution is 5.84. The molecule has 42 heavy (non-hydrogen) atoms. The Balaban J connectivity index is 1.36. The number of aromatic nitrogens is 4. The molecule has 0 aliphatic carbocycles. The summed E-state index contributed by atoms with van der Waals surface area (Å²) in [5, 5.41) is 20.6. The summed E-state index contributed by atoms with van der Waals surface area (Å²) in [6, 6.07) is 26.9. The zero-order chi connectivity index (χ0) is 28.7. The summed E-state index contributed by atoms with van der Waals surface area (Å²) < 4.78 is 2.22. The molecule has 1 amide bonds. The number of hydrogen-bond donors (Lipinski definition) is 4. The molecule has 4 N–H and O–H groups in total. The van der Waals surface area contributed by atoms with Gasteiger partial charge < -0.3 is 20.2 Å². The maximum Gasteiger partial charge on any atom is 0.237 e. The zero-order valence-corrected chi connectivity index (χ0v) is 24.1. The van der Waals surface area contributed by atoms with Crippen LogP contribution in [0.5, 0.6) is 0 Å². The summed E-state index contributed by atoms with van der Waals surface area (Å²) in [4.78, 5) is 17.0. The minimum absolute atomic E-state index is 0.00553. The second-order valence-corrected chi connectivity index (χ2v) is 11.1. The van der Waals surface area contributed by atoms with Crippen LogP contribution < -0.4 is 16.0 Å². The molecule has 1 saturated heterocycles. The van der Waals surface area contributed by atoms with E-state index in [-0.39, 0.29) is 18.0 Å². The van der Waals surface area contributed by atoms with Gasteiger partial charge in [-0.3, -0.25) is 10.1 Å². The average Bonchev–Trinajstić information content (AvgIpc) is 3.64. The maximum absolute atomic E-state index is 13.6. The monoisotopic (exact) mass is 561 g/mol. The van der Waals surface area contributed by atoms with Crippen LogP contribution in [0.15, 0.2) is 85.1 Å². The second kappa shape index (κ2) is 13.1. The van der Waals surface area contributed by atoms with Crippen LogP contribution >= 0.6 is 0 Å². The van der Waals surface area contributed by atoms with Crippen LogP contribution in [0.25, 0.3) is 10.9 Å². The molecule has 2 atom stereocenters. The van der Waals surface area contributed by atoms with Crippen molar-refractivity contribution >= 4 is 16.8 Å². The van der Waals surface area contributed by atoms with Crippen molar-refractivity contribution in [2.24, 2.45) is 0 Å². The number of carbonyl (C=O) groups excluding carboxylic acids is 1. The van der Waals surface area contributed by atoms with Gasteiger partial charge in [0.15, 0.2) is 5.82 Å². The first-order chi connectivity index (χ1) is 20.7. The number of nitrogens with one attached hydrogen (secondary N) is 4. The van der Waals surface area contributed by atoms with Crippen LogP contribution in [-0.4, -0.2) is 44.9 Å². The van der Waals surface area contributed by atoms with Gasteiger partial charge in [-0.15, -0.1) is 10.2 Å². The fraction of sp³-hybridized carbons (Fsp3) is 0.324. The Labute approximate surface area is 247 Å². The lowest BCUT2D eigenvalue weighted by Crippen LogP contribution is -2.53. The number of benzene rings is 3. The van der Waals surface area contributed by atoms with Gasteiger partial charge in [0.25, 0.3) is 0 Å². The number of para-hydroxylation sites is 1. The predicted octanol–water partition coefficient (Wildman–Crippen LogP) is 4.46. The van der Waals surface area contributed by atoms with E-state index < -0.39 is 0 Å². The first-order valence-electron chi connectivity index (χ1n) is 15.0. The Morgan fingerprint density at radius 3 is 2.52 bits per heavy atom. The summed E-state index contributed by atoms with van der Waals surface area (Å²) in [5.74, 6) is 1.70. The molecular weight excluding hydrogens is 522 g/mol. The number of nitrogens with zero attached hydrogens (tertiary/aromatic N) is 3. The second-order valence-electron chi connectivity index (χ2n) is 11.1. The summed E-state index contributed by atoms with van der Waals surface area (Å²) >= 11 is 0. The molecule has 0 spiro atoms. The lowest BCUT2D eigenvalue weighted by atomic mass is 10.0. The zero-order valence-electron chi connectivity index (χ0n) is 24.1. The molecule has 1 aliphatic heterocycles. The summed E-state index contributed by atoms with van der Waals surface area (Å²) in [6.07, 6.45) is 6.02. The van der Waals surface area contributed by atoms with Crippen molar-refractivity contribution in [1.82, 2.24) is 35.7 Å². The molecule has 3 heterocycles. The topological polar surface area (TPSA) is 99.7 Å². The van der Waals surface area contributed by atoms with Gasteiger partial charge in [-0.25, -0.2) is 0 Å². The third kappa shape index (κ3) is 6.45. The van der Waals surface area contributed by atoms with E-state index >= 15 is 0 Å². The number of rotatable bonds is 11. The highest BCUT2D eigenvalue weighted by Crippen LogP contribution is 2.26. The van der Waals surface area contributed by atoms with Gasteiger partial charge in [0.05, 0.1) is 18.6 Å². The van der Waals surface area contributed by atoms with Crippen LogP contribution in [0.3, 0.4) is 0 Å². The molecule has 3 aromatic carbocycles. The van der Waals surface area contributed by atoms with E-state index in [9.17, 15) is 4.79 Å². The molecule has 8 heteroatoms. The van der Waals surface area contributed by atoms with E-state index in [0.717, 1.165) is 60.3 Å². The van der Waals surface area contributed by atoms with Crippen molar-refractivity contribution in [3.63, 3.8) is 0 Å². The number of carbonyl (C=O) groups is 1. The quantitative estimate of drug-likeness (QED) is 0.191. The largest absolute Gasteiger partial charge is 0.361 e. The predicted molar refractivity (Wildman–Crippen MR) is 166 cm³/mol. The van der Waals surface area contributed by atoms with Crippen molar-refractivity contribution in [3.8, 4) is 0 Å². The molecule has 0 saturated carbocycles. The van der Waals surface area contributed by atoms with Gasteiger partial charge in [-0.1, -0.05) is 79.7 Å². The van der Waals surface area contributed by atoms with E-state index in [1.54, 1.807) is 0 Å². The Morgan fingerprint density at radius 1 is 0.952 bits per heavy atom. The van der Waals surface area contributed by atoms with Gasteiger partial charge in [0.1, 0.15) is 5.82 Å². The van der Waals surface area contributed by atoms with Gasteiger partial charge in [-0.2, -0.15) is 0 Å². The minimum Gasteiger partial charge on any atom is -0.361 e. The SMILES string of the molecule is CCc1ccc(Cn2c(CCc3ccccc3)nnc2[C@@H](Cc2c[nH]c3ccccc23)NC(=O)C2CCNCN2)cc1. The molecule has 1 fully saturated rings. The number of amides is 1. The van der Waals surface area contributed by atoms with Gasteiger partial charge >= 0.3 is 0 Å². The Morgan fingerprint density at radius 2 is 1.74 bits per heavy atom. The van der Waals surface area contributed by atoms with Crippen LogP contribution in [0.1, 0.15) is 53.3 Å². The van der Waals surface area contributed by atoms with Gasteiger partial charge in [-0.05, 0) is 54.1 Å². The molecule has 1 unspecified atom stereocenters. The highest BCUT2D eigenvalue weighted by Gasteiger charge is 2.28.